The molecule has 0 amide bonds. The number of nitrogens with zero attached hydrogens (tertiary/aromatic N) is 2. The second-order valence-electron chi connectivity index (χ2n) is 5.77. The van der Waals surface area contributed by atoms with Gasteiger partial charge in [0.25, 0.3) is 0 Å². The second kappa shape index (κ2) is 4.93. The van der Waals surface area contributed by atoms with Crippen molar-refractivity contribution in [3.05, 3.63) is 46.0 Å². The van der Waals surface area contributed by atoms with Crippen LogP contribution in [0.3, 0.4) is 0 Å². The Hall–Kier alpha value is -1.42. The lowest BCUT2D eigenvalue weighted by atomic mass is 10.1. The van der Waals surface area contributed by atoms with Crippen LogP contribution in [0.2, 0.25) is 0 Å². The molecular formula is C15H19N3S. The summed E-state index contributed by atoms with van der Waals surface area (Å²) in [4.78, 5) is 0. The zero-order chi connectivity index (χ0) is 13.4. The van der Waals surface area contributed by atoms with Gasteiger partial charge in [0.2, 0.25) is 0 Å². The van der Waals surface area contributed by atoms with Crippen molar-refractivity contribution in [1.29, 1.82) is 0 Å². The minimum atomic E-state index is 0.462. The van der Waals surface area contributed by atoms with Gasteiger partial charge in [0, 0.05) is 12.5 Å². The molecule has 3 rings (SSSR count). The Morgan fingerprint density at radius 1 is 1.32 bits per heavy atom. The standard InChI is InChI=1S/C15H19N3S/c1-10(2)9-18-14(16-17-15(18)19)13-7-11-5-3-4-6-12(11)8-13/h3-6,10,13H,7-9H2,1-2H3,(H,17,19). The SMILES string of the molecule is CC(C)Cn1c(C2Cc3ccccc3C2)n[nH]c1=S. The van der Waals surface area contributed by atoms with E-state index in [9.17, 15) is 0 Å². The molecule has 0 saturated heterocycles. The molecule has 100 valence electrons. The van der Waals surface area contributed by atoms with Crippen molar-refractivity contribution in [2.75, 3.05) is 0 Å². The van der Waals surface area contributed by atoms with Gasteiger partial charge in [-0.1, -0.05) is 38.1 Å². The van der Waals surface area contributed by atoms with E-state index in [1.807, 2.05) is 0 Å². The van der Waals surface area contributed by atoms with E-state index >= 15 is 0 Å². The molecule has 19 heavy (non-hydrogen) atoms. The molecule has 1 aromatic heterocycles. The Bertz CT molecular complexity index is 614. The Labute approximate surface area is 118 Å². The lowest BCUT2D eigenvalue weighted by molar-refractivity contribution is 0.486. The molecule has 1 aromatic carbocycles. The molecule has 1 heterocycles. The van der Waals surface area contributed by atoms with Crippen molar-refractivity contribution in [2.45, 2.75) is 39.2 Å². The Morgan fingerprint density at radius 3 is 2.53 bits per heavy atom. The summed E-state index contributed by atoms with van der Waals surface area (Å²) in [6.45, 7) is 5.36. The van der Waals surface area contributed by atoms with Crippen LogP contribution in [0.4, 0.5) is 0 Å². The van der Waals surface area contributed by atoms with Crippen LogP contribution in [-0.4, -0.2) is 14.8 Å². The van der Waals surface area contributed by atoms with E-state index in [-0.39, 0.29) is 0 Å². The van der Waals surface area contributed by atoms with Gasteiger partial charge in [-0.3, -0.25) is 5.10 Å². The van der Waals surface area contributed by atoms with Crippen molar-refractivity contribution in [3.63, 3.8) is 0 Å². The number of fused-ring (bicyclic) bond motifs is 1. The van der Waals surface area contributed by atoms with Crippen LogP contribution in [0.25, 0.3) is 0 Å². The van der Waals surface area contributed by atoms with Gasteiger partial charge in [0.1, 0.15) is 5.82 Å². The van der Waals surface area contributed by atoms with E-state index in [1.165, 1.54) is 11.1 Å². The summed E-state index contributed by atoms with van der Waals surface area (Å²) >= 11 is 5.36. The maximum atomic E-state index is 5.36. The van der Waals surface area contributed by atoms with Crippen LogP contribution < -0.4 is 0 Å². The van der Waals surface area contributed by atoms with Crippen LogP contribution in [-0.2, 0) is 19.4 Å². The predicted octanol–water partition coefficient (Wildman–Crippen LogP) is 3.48. The summed E-state index contributed by atoms with van der Waals surface area (Å²) in [6.07, 6.45) is 2.15. The van der Waals surface area contributed by atoms with Crippen LogP contribution in [0.1, 0.15) is 36.7 Å². The van der Waals surface area contributed by atoms with Gasteiger partial charge >= 0.3 is 0 Å². The molecule has 0 bridgehead atoms. The average Bonchev–Trinajstić information content (AvgIpc) is 2.93. The van der Waals surface area contributed by atoms with Gasteiger partial charge in [0.05, 0.1) is 0 Å². The molecule has 3 nitrogen and oxygen atoms in total. The largest absolute Gasteiger partial charge is 0.304 e. The summed E-state index contributed by atoms with van der Waals surface area (Å²) in [5, 5.41) is 7.44. The lowest BCUT2D eigenvalue weighted by Gasteiger charge is -2.13. The molecular weight excluding hydrogens is 254 g/mol. The third-order valence-electron chi connectivity index (χ3n) is 3.75. The third-order valence-corrected chi connectivity index (χ3v) is 4.06. The van der Waals surface area contributed by atoms with Crippen LogP contribution in [0, 0.1) is 10.7 Å². The zero-order valence-corrected chi connectivity index (χ0v) is 12.2. The number of benzene rings is 1. The number of H-pyrrole nitrogens is 1. The summed E-state index contributed by atoms with van der Waals surface area (Å²) in [7, 11) is 0. The van der Waals surface area contributed by atoms with Crippen LogP contribution in [0.5, 0.6) is 0 Å². The van der Waals surface area contributed by atoms with E-state index in [4.69, 9.17) is 12.2 Å². The van der Waals surface area contributed by atoms with Gasteiger partial charge in [-0.15, -0.1) is 0 Å². The predicted molar refractivity (Wildman–Crippen MR) is 78.8 cm³/mol. The van der Waals surface area contributed by atoms with Gasteiger partial charge in [0.15, 0.2) is 4.77 Å². The smallest absolute Gasteiger partial charge is 0.195 e. The normalized spacial score (nSPS) is 15.1. The fourth-order valence-electron chi connectivity index (χ4n) is 2.92. The summed E-state index contributed by atoms with van der Waals surface area (Å²) in [5.41, 5.74) is 2.91. The van der Waals surface area contributed by atoms with E-state index in [0.29, 0.717) is 11.8 Å². The first-order valence-corrected chi connectivity index (χ1v) is 7.28. The highest BCUT2D eigenvalue weighted by atomic mass is 32.1. The van der Waals surface area contributed by atoms with Gasteiger partial charge in [-0.05, 0) is 42.1 Å². The van der Waals surface area contributed by atoms with Crippen molar-refractivity contribution >= 4 is 12.2 Å². The Morgan fingerprint density at radius 2 is 1.95 bits per heavy atom. The molecule has 0 aliphatic heterocycles. The number of hydrogen-bond acceptors (Lipinski definition) is 2. The molecule has 1 aliphatic carbocycles. The quantitative estimate of drug-likeness (QED) is 0.869. The molecule has 4 heteroatoms. The van der Waals surface area contributed by atoms with E-state index in [0.717, 1.165) is 30.0 Å². The number of aromatic amines is 1. The fraction of sp³-hybridized carbons (Fsp3) is 0.467. The number of hydrogen-bond donors (Lipinski definition) is 1. The van der Waals surface area contributed by atoms with Crippen molar-refractivity contribution in [1.82, 2.24) is 14.8 Å². The second-order valence-corrected chi connectivity index (χ2v) is 6.15. The van der Waals surface area contributed by atoms with Crippen molar-refractivity contribution in [2.24, 2.45) is 5.92 Å². The summed E-state index contributed by atoms with van der Waals surface area (Å²) < 4.78 is 2.93. The molecule has 0 spiro atoms. The van der Waals surface area contributed by atoms with E-state index in [1.54, 1.807) is 0 Å². The Kier molecular flexibility index (Phi) is 3.27. The molecule has 1 N–H and O–H groups in total. The van der Waals surface area contributed by atoms with Gasteiger partial charge in [-0.2, -0.15) is 5.10 Å². The van der Waals surface area contributed by atoms with Crippen molar-refractivity contribution in [3.8, 4) is 0 Å². The average molecular weight is 273 g/mol. The minimum absolute atomic E-state index is 0.462. The minimum Gasteiger partial charge on any atom is -0.304 e. The molecule has 0 unspecified atom stereocenters. The molecule has 2 aromatic rings. The number of aromatic nitrogens is 3. The molecule has 0 radical (unpaired) electrons. The summed E-state index contributed by atoms with van der Waals surface area (Å²) in [6, 6.07) is 8.69. The Balaban J connectivity index is 1.91. The number of nitrogens with one attached hydrogen (secondary N) is 1. The number of rotatable bonds is 3. The van der Waals surface area contributed by atoms with Crippen LogP contribution >= 0.6 is 12.2 Å². The third kappa shape index (κ3) is 2.37. The molecule has 0 atom stereocenters. The molecule has 0 saturated carbocycles. The first-order valence-electron chi connectivity index (χ1n) is 6.87. The van der Waals surface area contributed by atoms with E-state index in [2.05, 4.69) is 52.9 Å². The fourth-order valence-corrected chi connectivity index (χ4v) is 3.14. The highest BCUT2D eigenvalue weighted by molar-refractivity contribution is 7.71. The first kappa shape index (κ1) is 12.6. The monoisotopic (exact) mass is 273 g/mol. The highest BCUT2D eigenvalue weighted by Gasteiger charge is 2.26. The summed E-state index contributed by atoms with van der Waals surface area (Å²) in [5.74, 6) is 2.16. The van der Waals surface area contributed by atoms with Crippen LogP contribution in [0.15, 0.2) is 24.3 Å². The van der Waals surface area contributed by atoms with Gasteiger partial charge < -0.3 is 4.57 Å². The molecule has 0 fully saturated rings. The highest BCUT2D eigenvalue weighted by Crippen LogP contribution is 2.33. The maximum Gasteiger partial charge on any atom is 0.195 e. The molecule has 1 aliphatic rings. The topological polar surface area (TPSA) is 33.6 Å². The maximum absolute atomic E-state index is 5.36. The van der Waals surface area contributed by atoms with Crippen molar-refractivity contribution < 1.29 is 0 Å². The van der Waals surface area contributed by atoms with E-state index < -0.39 is 0 Å². The lowest BCUT2D eigenvalue weighted by Crippen LogP contribution is -2.13. The van der Waals surface area contributed by atoms with Gasteiger partial charge in [-0.25, -0.2) is 0 Å². The first-order chi connectivity index (χ1) is 9.15. The zero-order valence-electron chi connectivity index (χ0n) is 11.4.